The van der Waals surface area contributed by atoms with E-state index >= 15 is 0 Å². The molecule has 2 nitrogen and oxygen atoms in total. The molecule has 0 heterocycles. The Morgan fingerprint density at radius 2 is 1.65 bits per heavy atom. The molecule has 20 heavy (non-hydrogen) atoms. The van der Waals surface area contributed by atoms with Crippen LogP contribution in [0, 0.1) is 13.8 Å². The second-order valence-electron chi connectivity index (χ2n) is 6.23. The quantitative estimate of drug-likeness (QED) is 0.777. The fraction of sp³-hybridized carbons (Fsp3) is 0.611. The molecule has 0 aromatic heterocycles. The zero-order chi connectivity index (χ0) is 14.5. The van der Waals surface area contributed by atoms with Gasteiger partial charge >= 0.3 is 0 Å². The standard InChI is InChI=1S/C18H27NO/c1-14-11-12-15(2)17(13-14)18(20)19(3)16-9-7-5-4-6-8-10-16/h11-13,16H,4-10H2,1-3H3. The highest BCUT2D eigenvalue weighted by Crippen LogP contribution is 2.23. The summed E-state index contributed by atoms with van der Waals surface area (Å²) in [5.74, 6) is 0.191. The molecule has 0 spiro atoms. The van der Waals surface area contributed by atoms with E-state index in [0.29, 0.717) is 6.04 Å². The lowest BCUT2D eigenvalue weighted by Crippen LogP contribution is -2.37. The summed E-state index contributed by atoms with van der Waals surface area (Å²) in [5.41, 5.74) is 3.11. The lowest BCUT2D eigenvalue weighted by Gasteiger charge is -2.30. The van der Waals surface area contributed by atoms with E-state index in [-0.39, 0.29) is 5.91 Å². The third kappa shape index (κ3) is 3.62. The summed E-state index contributed by atoms with van der Waals surface area (Å²) in [7, 11) is 1.98. The van der Waals surface area contributed by atoms with Crippen LogP contribution in [-0.2, 0) is 0 Å². The van der Waals surface area contributed by atoms with Gasteiger partial charge in [-0.1, -0.05) is 49.8 Å². The van der Waals surface area contributed by atoms with E-state index < -0.39 is 0 Å². The van der Waals surface area contributed by atoms with Crippen LogP contribution in [0.4, 0.5) is 0 Å². The van der Waals surface area contributed by atoms with Crippen LogP contribution < -0.4 is 0 Å². The Morgan fingerprint density at radius 3 is 2.30 bits per heavy atom. The van der Waals surface area contributed by atoms with Crippen molar-refractivity contribution in [3.05, 3.63) is 34.9 Å². The minimum absolute atomic E-state index is 0.191. The number of hydrogen-bond acceptors (Lipinski definition) is 1. The fourth-order valence-corrected chi connectivity index (χ4v) is 3.14. The van der Waals surface area contributed by atoms with E-state index in [1.165, 1.54) is 32.1 Å². The molecule has 1 aromatic rings. The maximum atomic E-state index is 12.7. The molecule has 1 amide bonds. The SMILES string of the molecule is Cc1ccc(C)c(C(=O)N(C)C2CCCCCCC2)c1. The lowest BCUT2D eigenvalue weighted by atomic mass is 9.95. The Balaban J connectivity index is 2.12. The van der Waals surface area contributed by atoms with Crippen molar-refractivity contribution in [1.29, 1.82) is 0 Å². The van der Waals surface area contributed by atoms with Crippen molar-refractivity contribution >= 4 is 5.91 Å². The van der Waals surface area contributed by atoms with E-state index in [1.807, 2.05) is 31.9 Å². The van der Waals surface area contributed by atoms with Gasteiger partial charge in [0.05, 0.1) is 0 Å². The van der Waals surface area contributed by atoms with Gasteiger partial charge in [-0.2, -0.15) is 0 Å². The van der Waals surface area contributed by atoms with Gasteiger partial charge in [0.15, 0.2) is 0 Å². The van der Waals surface area contributed by atoms with Gasteiger partial charge in [-0.3, -0.25) is 4.79 Å². The molecule has 0 radical (unpaired) electrons. The monoisotopic (exact) mass is 273 g/mol. The number of amides is 1. The van der Waals surface area contributed by atoms with E-state index in [2.05, 4.69) is 12.1 Å². The first kappa shape index (κ1) is 15.1. The molecule has 1 aliphatic rings. The number of aryl methyl sites for hydroxylation is 2. The van der Waals surface area contributed by atoms with Crippen LogP contribution in [0.5, 0.6) is 0 Å². The first-order chi connectivity index (χ1) is 9.59. The predicted molar refractivity (Wildman–Crippen MR) is 84.1 cm³/mol. The molecular weight excluding hydrogens is 246 g/mol. The molecule has 0 bridgehead atoms. The van der Waals surface area contributed by atoms with Crippen molar-refractivity contribution in [3.63, 3.8) is 0 Å². The molecule has 1 aromatic carbocycles. The maximum Gasteiger partial charge on any atom is 0.254 e. The topological polar surface area (TPSA) is 20.3 Å². The largest absolute Gasteiger partial charge is 0.339 e. The van der Waals surface area contributed by atoms with E-state index in [9.17, 15) is 4.79 Å². The summed E-state index contributed by atoms with van der Waals surface area (Å²) >= 11 is 0. The molecule has 0 unspecified atom stereocenters. The van der Waals surface area contributed by atoms with Gasteiger partial charge in [0.2, 0.25) is 0 Å². The second kappa shape index (κ2) is 6.92. The van der Waals surface area contributed by atoms with Gasteiger partial charge in [-0.25, -0.2) is 0 Å². The average molecular weight is 273 g/mol. The minimum atomic E-state index is 0.191. The molecule has 0 atom stereocenters. The summed E-state index contributed by atoms with van der Waals surface area (Å²) in [6.45, 7) is 4.07. The molecule has 2 rings (SSSR count). The molecule has 0 N–H and O–H groups in total. The Bertz CT molecular complexity index is 458. The van der Waals surface area contributed by atoms with Gasteiger partial charge in [-0.15, -0.1) is 0 Å². The molecule has 0 aliphatic heterocycles. The smallest absolute Gasteiger partial charge is 0.254 e. The van der Waals surface area contributed by atoms with Crippen LogP contribution in [0.1, 0.15) is 66.4 Å². The normalized spacial score (nSPS) is 17.4. The van der Waals surface area contributed by atoms with Crippen LogP contribution in [-0.4, -0.2) is 23.9 Å². The molecule has 0 saturated heterocycles. The number of benzene rings is 1. The first-order valence-electron chi connectivity index (χ1n) is 7.94. The summed E-state index contributed by atoms with van der Waals surface area (Å²) in [6.07, 6.45) is 8.84. The molecule has 1 fully saturated rings. The molecule has 1 saturated carbocycles. The van der Waals surface area contributed by atoms with Gasteiger partial charge in [0, 0.05) is 18.7 Å². The van der Waals surface area contributed by atoms with Crippen molar-refractivity contribution in [2.75, 3.05) is 7.05 Å². The Labute approximate surface area is 123 Å². The fourth-order valence-electron chi connectivity index (χ4n) is 3.14. The van der Waals surface area contributed by atoms with Crippen molar-refractivity contribution in [1.82, 2.24) is 4.90 Å². The number of nitrogens with zero attached hydrogens (tertiary/aromatic N) is 1. The van der Waals surface area contributed by atoms with Crippen molar-refractivity contribution < 1.29 is 4.79 Å². The zero-order valence-electron chi connectivity index (χ0n) is 13.1. The number of carbonyl (C=O) groups excluding carboxylic acids is 1. The van der Waals surface area contributed by atoms with E-state index in [4.69, 9.17) is 0 Å². The Morgan fingerprint density at radius 1 is 1.05 bits per heavy atom. The van der Waals surface area contributed by atoms with Crippen molar-refractivity contribution in [2.45, 2.75) is 64.8 Å². The highest BCUT2D eigenvalue weighted by atomic mass is 16.2. The van der Waals surface area contributed by atoms with Gasteiger partial charge < -0.3 is 4.90 Å². The molecule has 1 aliphatic carbocycles. The van der Waals surface area contributed by atoms with Gasteiger partial charge in [-0.05, 0) is 38.3 Å². The average Bonchev–Trinajstić information content (AvgIpc) is 2.40. The van der Waals surface area contributed by atoms with Crippen LogP contribution in [0.15, 0.2) is 18.2 Å². The number of carbonyl (C=O) groups is 1. The summed E-state index contributed by atoms with van der Waals surface area (Å²) in [5, 5.41) is 0. The Hall–Kier alpha value is -1.31. The second-order valence-corrected chi connectivity index (χ2v) is 6.23. The number of hydrogen-bond donors (Lipinski definition) is 0. The van der Waals surface area contributed by atoms with Gasteiger partial charge in [0.1, 0.15) is 0 Å². The summed E-state index contributed by atoms with van der Waals surface area (Å²) in [4.78, 5) is 14.7. The van der Waals surface area contributed by atoms with E-state index in [0.717, 1.165) is 29.5 Å². The third-order valence-electron chi connectivity index (χ3n) is 4.57. The first-order valence-corrected chi connectivity index (χ1v) is 7.94. The predicted octanol–water partition coefficient (Wildman–Crippen LogP) is 4.49. The highest BCUT2D eigenvalue weighted by Gasteiger charge is 2.22. The lowest BCUT2D eigenvalue weighted by molar-refractivity contribution is 0.0706. The maximum absolute atomic E-state index is 12.7. The van der Waals surface area contributed by atoms with Crippen LogP contribution in [0.3, 0.4) is 0 Å². The zero-order valence-corrected chi connectivity index (χ0v) is 13.1. The van der Waals surface area contributed by atoms with E-state index in [1.54, 1.807) is 0 Å². The van der Waals surface area contributed by atoms with Gasteiger partial charge in [0.25, 0.3) is 5.91 Å². The molecule has 110 valence electrons. The van der Waals surface area contributed by atoms with Crippen LogP contribution in [0.25, 0.3) is 0 Å². The molecular formula is C18H27NO. The van der Waals surface area contributed by atoms with Crippen molar-refractivity contribution in [2.24, 2.45) is 0 Å². The Kier molecular flexibility index (Phi) is 5.22. The van der Waals surface area contributed by atoms with Crippen LogP contribution >= 0.6 is 0 Å². The van der Waals surface area contributed by atoms with Crippen molar-refractivity contribution in [3.8, 4) is 0 Å². The van der Waals surface area contributed by atoms with Crippen LogP contribution in [0.2, 0.25) is 0 Å². The summed E-state index contributed by atoms with van der Waals surface area (Å²) in [6, 6.07) is 6.57. The highest BCUT2D eigenvalue weighted by molar-refractivity contribution is 5.95. The minimum Gasteiger partial charge on any atom is -0.339 e. The summed E-state index contributed by atoms with van der Waals surface area (Å²) < 4.78 is 0. The molecule has 2 heteroatoms. The number of rotatable bonds is 2. The third-order valence-corrected chi connectivity index (χ3v) is 4.57.